The first-order chi connectivity index (χ1) is 12.6. The lowest BCUT2D eigenvalue weighted by molar-refractivity contribution is 0.0303. The molecule has 3 heterocycles. The number of fused-ring (bicyclic) bond motifs is 1. The molecule has 8 heteroatoms. The van der Waals surface area contributed by atoms with Crippen molar-refractivity contribution >= 4 is 15.9 Å². The molecule has 0 unspecified atom stereocenters. The average molecular weight is 373 g/mol. The normalized spacial score (nSPS) is 17.9. The standard InChI is InChI=1S/C18H19N3O4S/c22-18(20-8-10-25-11-9-20)14-3-5-16(6-4-14)26(23,24)21-12-15-2-1-7-19-17(15)13-21/h1-7H,8-13H2. The van der Waals surface area contributed by atoms with Gasteiger partial charge in [0.15, 0.2) is 0 Å². The fraction of sp³-hybridized carbons (Fsp3) is 0.333. The Balaban J connectivity index is 1.52. The molecule has 1 fully saturated rings. The molecule has 1 aromatic heterocycles. The van der Waals surface area contributed by atoms with Gasteiger partial charge in [-0.1, -0.05) is 6.07 Å². The zero-order valence-corrected chi connectivity index (χ0v) is 15.0. The summed E-state index contributed by atoms with van der Waals surface area (Å²) in [6.07, 6.45) is 1.67. The van der Waals surface area contributed by atoms with Gasteiger partial charge >= 0.3 is 0 Å². The van der Waals surface area contributed by atoms with E-state index in [2.05, 4.69) is 4.98 Å². The number of nitrogens with zero attached hydrogens (tertiary/aromatic N) is 3. The molecule has 0 bridgehead atoms. The number of pyridine rings is 1. The molecular formula is C18H19N3O4S. The van der Waals surface area contributed by atoms with Crippen LogP contribution < -0.4 is 0 Å². The van der Waals surface area contributed by atoms with Crippen LogP contribution in [0.15, 0.2) is 47.5 Å². The second-order valence-electron chi connectivity index (χ2n) is 6.31. The second kappa shape index (κ2) is 6.79. The molecule has 0 aliphatic carbocycles. The van der Waals surface area contributed by atoms with Gasteiger partial charge in [0.25, 0.3) is 5.91 Å². The molecule has 2 aliphatic rings. The Hall–Kier alpha value is -2.29. The van der Waals surface area contributed by atoms with Gasteiger partial charge in [-0.05, 0) is 35.9 Å². The van der Waals surface area contributed by atoms with E-state index in [1.54, 1.807) is 29.3 Å². The number of carbonyl (C=O) groups excluding carboxylic acids is 1. The van der Waals surface area contributed by atoms with Crippen LogP contribution in [0, 0.1) is 0 Å². The van der Waals surface area contributed by atoms with Crippen LogP contribution in [-0.4, -0.2) is 54.8 Å². The molecule has 4 rings (SSSR count). The third-order valence-corrected chi connectivity index (χ3v) is 6.50. The topological polar surface area (TPSA) is 79.8 Å². The van der Waals surface area contributed by atoms with Crippen molar-refractivity contribution < 1.29 is 17.9 Å². The Labute approximate surface area is 152 Å². The summed E-state index contributed by atoms with van der Waals surface area (Å²) < 4.78 is 32.4. The molecule has 2 aromatic rings. The van der Waals surface area contributed by atoms with E-state index in [1.807, 2.05) is 6.07 Å². The predicted octanol–water partition coefficient (Wildman–Crippen LogP) is 1.26. The van der Waals surface area contributed by atoms with Gasteiger partial charge in [-0.2, -0.15) is 4.31 Å². The van der Waals surface area contributed by atoms with E-state index in [-0.39, 0.29) is 17.3 Å². The van der Waals surface area contributed by atoms with Gasteiger partial charge in [-0.15, -0.1) is 0 Å². The van der Waals surface area contributed by atoms with E-state index in [0.29, 0.717) is 38.4 Å². The van der Waals surface area contributed by atoms with Gasteiger partial charge in [-0.3, -0.25) is 9.78 Å². The lowest BCUT2D eigenvalue weighted by Gasteiger charge is -2.27. The lowest BCUT2D eigenvalue weighted by Crippen LogP contribution is -2.40. The van der Waals surface area contributed by atoms with Crippen molar-refractivity contribution in [2.75, 3.05) is 26.3 Å². The molecule has 2 aliphatic heterocycles. The quantitative estimate of drug-likeness (QED) is 0.809. The zero-order valence-electron chi connectivity index (χ0n) is 14.2. The van der Waals surface area contributed by atoms with E-state index in [1.165, 1.54) is 16.4 Å². The molecule has 26 heavy (non-hydrogen) atoms. The Morgan fingerprint density at radius 3 is 2.46 bits per heavy atom. The monoisotopic (exact) mass is 373 g/mol. The van der Waals surface area contributed by atoms with E-state index in [9.17, 15) is 13.2 Å². The minimum Gasteiger partial charge on any atom is -0.378 e. The first-order valence-corrected chi connectivity index (χ1v) is 9.90. The van der Waals surface area contributed by atoms with Crippen LogP contribution in [-0.2, 0) is 27.8 Å². The van der Waals surface area contributed by atoms with Gasteiger partial charge in [-0.25, -0.2) is 8.42 Å². The van der Waals surface area contributed by atoms with Crippen molar-refractivity contribution in [3.05, 3.63) is 59.4 Å². The van der Waals surface area contributed by atoms with E-state index in [0.717, 1.165) is 11.3 Å². The number of morpholine rings is 1. The highest BCUT2D eigenvalue weighted by molar-refractivity contribution is 7.89. The number of aromatic nitrogens is 1. The SMILES string of the molecule is O=C(c1ccc(S(=O)(=O)N2Cc3cccnc3C2)cc1)N1CCOCC1. The predicted molar refractivity (Wildman–Crippen MR) is 93.8 cm³/mol. The summed E-state index contributed by atoms with van der Waals surface area (Å²) in [6, 6.07) is 9.85. The van der Waals surface area contributed by atoms with Crippen LogP contribution in [0.2, 0.25) is 0 Å². The highest BCUT2D eigenvalue weighted by Crippen LogP contribution is 2.27. The number of hydrogen-bond donors (Lipinski definition) is 0. The molecule has 0 radical (unpaired) electrons. The number of hydrogen-bond acceptors (Lipinski definition) is 5. The fourth-order valence-electron chi connectivity index (χ4n) is 3.21. The maximum atomic E-state index is 12.9. The summed E-state index contributed by atoms with van der Waals surface area (Å²) in [5, 5.41) is 0. The number of sulfonamides is 1. The summed E-state index contributed by atoms with van der Waals surface area (Å²) in [5.74, 6) is -0.102. The highest BCUT2D eigenvalue weighted by atomic mass is 32.2. The van der Waals surface area contributed by atoms with Gasteiger partial charge in [0.1, 0.15) is 0 Å². The molecule has 0 N–H and O–H groups in total. The van der Waals surface area contributed by atoms with Crippen LogP contribution in [0.4, 0.5) is 0 Å². The largest absolute Gasteiger partial charge is 0.378 e. The van der Waals surface area contributed by atoms with Gasteiger partial charge in [0.05, 0.1) is 30.3 Å². The van der Waals surface area contributed by atoms with Crippen LogP contribution >= 0.6 is 0 Å². The van der Waals surface area contributed by atoms with Crippen molar-refractivity contribution in [3.8, 4) is 0 Å². The average Bonchev–Trinajstić information content (AvgIpc) is 3.13. The molecule has 136 valence electrons. The minimum absolute atomic E-state index is 0.102. The number of benzene rings is 1. The van der Waals surface area contributed by atoms with Gasteiger partial charge < -0.3 is 9.64 Å². The Kier molecular flexibility index (Phi) is 4.47. The Morgan fingerprint density at radius 1 is 1.04 bits per heavy atom. The summed E-state index contributed by atoms with van der Waals surface area (Å²) >= 11 is 0. The Bertz CT molecular complexity index is 897. The summed E-state index contributed by atoms with van der Waals surface area (Å²) in [4.78, 5) is 18.6. The summed E-state index contributed by atoms with van der Waals surface area (Å²) in [5.41, 5.74) is 2.20. The summed E-state index contributed by atoms with van der Waals surface area (Å²) in [7, 11) is -3.63. The Morgan fingerprint density at radius 2 is 1.77 bits per heavy atom. The van der Waals surface area contributed by atoms with Crippen molar-refractivity contribution in [2.45, 2.75) is 18.0 Å². The molecule has 0 atom stereocenters. The van der Waals surface area contributed by atoms with E-state index < -0.39 is 10.0 Å². The first-order valence-electron chi connectivity index (χ1n) is 8.46. The zero-order chi connectivity index (χ0) is 18.1. The third-order valence-electron chi connectivity index (χ3n) is 4.69. The van der Waals surface area contributed by atoms with Crippen molar-refractivity contribution in [3.63, 3.8) is 0 Å². The summed E-state index contributed by atoms with van der Waals surface area (Å²) in [6.45, 7) is 2.76. The van der Waals surface area contributed by atoms with Gasteiger partial charge in [0, 0.05) is 31.4 Å². The lowest BCUT2D eigenvalue weighted by atomic mass is 10.2. The number of amides is 1. The van der Waals surface area contributed by atoms with E-state index >= 15 is 0 Å². The molecule has 0 saturated carbocycles. The first kappa shape index (κ1) is 17.1. The van der Waals surface area contributed by atoms with Crippen LogP contribution in [0.25, 0.3) is 0 Å². The van der Waals surface area contributed by atoms with Gasteiger partial charge in [0.2, 0.25) is 10.0 Å². The van der Waals surface area contributed by atoms with Crippen molar-refractivity contribution in [1.82, 2.24) is 14.2 Å². The third kappa shape index (κ3) is 3.11. The molecule has 0 spiro atoms. The molecule has 1 amide bonds. The van der Waals surface area contributed by atoms with Crippen LogP contribution in [0.3, 0.4) is 0 Å². The molecule has 1 saturated heterocycles. The molecular weight excluding hydrogens is 354 g/mol. The number of rotatable bonds is 3. The van der Waals surface area contributed by atoms with Crippen molar-refractivity contribution in [2.24, 2.45) is 0 Å². The highest BCUT2D eigenvalue weighted by Gasteiger charge is 2.31. The maximum absolute atomic E-state index is 12.9. The van der Waals surface area contributed by atoms with E-state index in [4.69, 9.17) is 4.74 Å². The van der Waals surface area contributed by atoms with Crippen LogP contribution in [0.1, 0.15) is 21.6 Å². The van der Waals surface area contributed by atoms with Crippen molar-refractivity contribution in [1.29, 1.82) is 0 Å². The van der Waals surface area contributed by atoms with Crippen LogP contribution in [0.5, 0.6) is 0 Å². The number of carbonyl (C=O) groups is 1. The minimum atomic E-state index is -3.63. The fourth-order valence-corrected chi connectivity index (χ4v) is 4.59. The second-order valence-corrected chi connectivity index (χ2v) is 8.25. The number of ether oxygens (including phenoxy) is 1. The molecule has 1 aromatic carbocycles. The molecule has 7 nitrogen and oxygen atoms in total. The smallest absolute Gasteiger partial charge is 0.254 e. The maximum Gasteiger partial charge on any atom is 0.254 e.